The minimum Gasteiger partial charge on any atom is -0.0845 e. The smallest absolute Gasteiger partial charge is 0.0348 e. The molecular weight excluding hydrogens is 132 g/mol. The molecule has 0 spiro atoms. The lowest BCUT2D eigenvalue weighted by Gasteiger charge is -1.98. The van der Waals surface area contributed by atoms with E-state index in [2.05, 4.69) is 6.92 Å². The average molecular weight is 152 g/mol. The Morgan fingerprint density at radius 3 is 2.00 bits per heavy atom. The first-order valence-electron chi connectivity index (χ1n) is 4.74. The second-order valence-electron chi connectivity index (χ2n) is 3.00. The van der Waals surface area contributed by atoms with Gasteiger partial charge in [0.2, 0.25) is 0 Å². The van der Waals surface area contributed by atoms with Crippen molar-refractivity contribution in [2.45, 2.75) is 51.4 Å². The van der Waals surface area contributed by atoms with Crippen LogP contribution in [0.4, 0.5) is 0 Å². The van der Waals surface area contributed by atoms with Gasteiger partial charge in [-0.15, -0.1) is 0 Å². The molecule has 0 saturated heterocycles. The quantitative estimate of drug-likeness (QED) is 0.462. The van der Waals surface area contributed by atoms with E-state index in [1.54, 1.807) is 6.08 Å². The highest BCUT2D eigenvalue weighted by Crippen LogP contribution is 2.07. The van der Waals surface area contributed by atoms with Crippen molar-refractivity contribution >= 4 is 0 Å². The van der Waals surface area contributed by atoms with Crippen LogP contribution in [-0.4, -0.2) is 0 Å². The fraction of sp³-hybridized carbons (Fsp3) is 0.727. The maximum absolute atomic E-state index is 5.26. The standard InChI is InChI=1S/C11H20/c1-3-5-7-9-11-10-8-6-4-2/h1,3H,2,4-11H2. The maximum Gasteiger partial charge on any atom is -0.0348 e. The highest BCUT2D eigenvalue weighted by atomic mass is 13.9. The molecule has 0 atom stereocenters. The summed E-state index contributed by atoms with van der Waals surface area (Å²) >= 11 is 0. The Morgan fingerprint density at radius 2 is 1.45 bits per heavy atom. The lowest BCUT2D eigenvalue weighted by atomic mass is 10.1. The lowest BCUT2D eigenvalue weighted by molar-refractivity contribution is 0.599. The van der Waals surface area contributed by atoms with Gasteiger partial charge in [-0.3, -0.25) is 0 Å². The van der Waals surface area contributed by atoms with E-state index in [4.69, 9.17) is 6.58 Å². The molecule has 0 saturated carbocycles. The summed E-state index contributed by atoms with van der Waals surface area (Å²) in [6.45, 7) is 9.07. The van der Waals surface area contributed by atoms with E-state index in [1.165, 1.54) is 38.5 Å². The molecule has 0 aliphatic carbocycles. The van der Waals surface area contributed by atoms with Gasteiger partial charge in [-0.05, 0) is 12.8 Å². The Kier molecular flexibility index (Phi) is 9.51. The molecule has 0 nitrogen and oxygen atoms in total. The molecule has 0 aromatic carbocycles. The molecule has 11 heavy (non-hydrogen) atoms. The first kappa shape index (κ1) is 10.7. The monoisotopic (exact) mass is 152 g/mol. The van der Waals surface area contributed by atoms with Crippen LogP contribution < -0.4 is 0 Å². The molecule has 0 aliphatic heterocycles. The molecule has 0 amide bonds. The predicted octanol–water partition coefficient (Wildman–Crippen LogP) is 3.93. The molecule has 0 rings (SSSR count). The fourth-order valence-electron chi connectivity index (χ4n) is 1.15. The van der Waals surface area contributed by atoms with Gasteiger partial charge in [0.15, 0.2) is 0 Å². The van der Waals surface area contributed by atoms with Gasteiger partial charge in [0, 0.05) is 0 Å². The van der Waals surface area contributed by atoms with Crippen molar-refractivity contribution in [1.29, 1.82) is 0 Å². The summed E-state index contributed by atoms with van der Waals surface area (Å²) in [7, 11) is 0. The molecule has 0 fully saturated rings. The van der Waals surface area contributed by atoms with Crippen LogP contribution in [0.5, 0.6) is 0 Å². The van der Waals surface area contributed by atoms with Crippen molar-refractivity contribution in [3.05, 3.63) is 19.6 Å². The van der Waals surface area contributed by atoms with Crippen molar-refractivity contribution < 1.29 is 0 Å². The average Bonchev–Trinajstić information content (AvgIpc) is 2.03. The zero-order valence-corrected chi connectivity index (χ0v) is 7.52. The van der Waals surface area contributed by atoms with Crippen molar-refractivity contribution in [2.24, 2.45) is 0 Å². The lowest BCUT2D eigenvalue weighted by Crippen LogP contribution is -1.78. The Balaban J connectivity index is 2.74. The third-order valence-corrected chi connectivity index (χ3v) is 1.87. The van der Waals surface area contributed by atoms with Crippen LogP contribution in [-0.2, 0) is 0 Å². The Bertz CT molecular complexity index is 74.1. The molecule has 0 heterocycles. The van der Waals surface area contributed by atoms with E-state index < -0.39 is 0 Å². The fourth-order valence-corrected chi connectivity index (χ4v) is 1.15. The summed E-state index contributed by atoms with van der Waals surface area (Å²) in [4.78, 5) is 0. The van der Waals surface area contributed by atoms with E-state index in [0.29, 0.717) is 0 Å². The van der Waals surface area contributed by atoms with Crippen molar-refractivity contribution in [2.75, 3.05) is 0 Å². The third-order valence-electron chi connectivity index (χ3n) is 1.87. The van der Waals surface area contributed by atoms with Gasteiger partial charge in [-0.1, -0.05) is 58.1 Å². The van der Waals surface area contributed by atoms with Gasteiger partial charge in [0.05, 0.1) is 0 Å². The van der Waals surface area contributed by atoms with Gasteiger partial charge in [0.25, 0.3) is 0 Å². The molecule has 0 aromatic heterocycles. The first-order chi connectivity index (χ1) is 5.41. The minimum absolute atomic E-state index is 1.08. The molecular formula is C11H20. The number of hydrogen-bond donors (Lipinski definition) is 0. The summed E-state index contributed by atoms with van der Waals surface area (Å²) < 4.78 is 0. The van der Waals surface area contributed by atoms with Crippen LogP contribution in [0, 0.1) is 13.5 Å². The normalized spacial score (nSPS) is 9.91. The van der Waals surface area contributed by atoms with Gasteiger partial charge in [-0.2, -0.15) is 0 Å². The van der Waals surface area contributed by atoms with Crippen LogP contribution in [0.2, 0.25) is 0 Å². The maximum atomic E-state index is 5.26. The van der Waals surface area contributed by atoms with Gasteiger partial charge in [0.1, 0.15) is 0 Å². The Labute approximate surface area is 71.7 Å². The summed E-state index contributed by atoms with van der Waals surface area (Å²) in [5, 5.41) is 0. The third kappa shape index (κ3) is 9.74. The first-order valence-corrected chi connectivity index (χ1v) is 4.74. The summed E-state index contributed by atoms with van der Waals surface area (Å²) in [5.41, 5.74) is 0. The van der Waals surface area contributed by atoms with Crippen LogP contribution in [0.3, 0.4) is 0 Å². The zero-order valence-electron chi connectivity index (χ0n) is 7.52. The number of allylic oxidation sites excluding steroid dienone is 1. The molecule has 0 unspecified atom stereocenters. The number of hydrogen-bond acceptors (Lipinski definition) is 0. The van der Waals surface area contributed by atoms with Crippen molar-refractivity contribution in [3.8, 4) is 0 Å². The molecule has 2 radical (unpaired) electrons. The molecule has 64 valence electrons. The second-order valence-corrected chi connectivity index (χ2v) is 3.00. The molecule has 0 N–H and O–H groups in total. The SMILES string of the molecule is [CH]=CCCCCCCCC[CH2]. The molecule has 0 aromatic rings. The van der Waals surface area contributed by atoms with E-state index in [0.717, 1.165) is 12.8 Å². The molecule has 0 heteroatoms. The largest absolute Gasteiger partial charge is 0.0845 e. The highest BCUT2D eigenvalue weighted by Gasteiger charge is 1.88. The minimum atomic E-state index is 1.08. The Hall–Kier alpha value is -0.260. The van der Waals surface area contributed by atoms with Gasteiger partial charge < -0.3 is 0 Å². The predicted molar refractivity (Wildman–Crippen MR) is 51.2 cm³/mol. The van der Waals surface area contributed by atoms with Crippen LogP contribution >= 0.6 is 0 Å². The second kappa shape index (κ2) is 9.74. The van der Waals surface area contributed by atoms with Crippen molar-refractivity contribution in [1.82, 2.24) is 0 Å². The zero-order chi connectivity index (χ0) is 8.36. The van der Waals surface area contributed by atoms with Crippen LogP contribution in [0.25, 0.3) is 0 Å². The topological polar surface area (TPSA) is 0 Å². The van der Waals surface area contributed by atoms with E-state index in [9.17, 15) is 0 Å². The molecule has 0 bridgehead atoms. The summed E-state index contributed by atoms with van der Waals surface area (Å²) in [5.74, 6) is 0. The Morgan fingerprint density at radius 1 is 0.909 bits per heavy atom. The molecule has 0 aliphatic rings. The van der Waals surface area contributed by atoms with E-state index in [-0.39, 0.29) is 0 Å². The van der Waals surface area contributed by atoms with E-state index >= 15 is 0 Å². The number of unbranched alkanes of at least 4 members (excludes halogenated alkanes) is 7. The highest BCUT2D eigenvalue weighted by molar-refractivity contribution is 4.61. The van der Waals surface area contributed by atoms with Crippen molar-refractivity contribution in [3.63, 3.8) is 0 Å². The van der Waals surface area contributed by atoms with Gasteiger partial charge >= 0.3 is 0 Å². The summed E-state index contributed by atoms with van der Waals surface area (Å²) in [6.07, 6.45) is 11.9. The van der Waals surface area contributed by atoms with Crippen LogP contribution in [0.1, 0.15) is 51.4 Å². The van der Waals surface area contributed by atoms with Gasteiger partial charge in [-0.25, -0.2) is 0 Å². The van der Waals surface area contributed by atoms with E-state index in [1.807, 2.05) is 0 Å². The summed E-state index contributed by atoms with van der Waals surface area (Å²) in [6, 6.07) is 0. The number of rotatable bonds is 8. The van der Waals surface area contributed by atoms with Crippen LogP contribution in [0.15, 0.2) is 6.08 Å².